The first-order valence-electron chi connectivity index (χ1n) is 4.12. The van der Waals surface area contributed by atoms with Gasteiger partial charge in [0.1, 0.15) is 0 Å². The summed E-state index contributed by atoms with van der Waals surface area (Å²) in [5.74, 6) is 1.02. The van der Waals surface area contributed by atoms with Crippen LogP contribution in [0.25, 0.3) is 5.82 Å². The average molecular weight is 354 g/mol. The van der Waals surface area contributed by atoms with E-state index in [0.29, 0.717) is 16.6 Å². The fraction of sp³-hybridized carbons (Fsp3) is 0.111. The molecule has 0 amide bonds. The van der Waals surface area contributed by atoms with Crippen molar-refractivity contribution in [2.24, 2.45) is 0 Å². The molecule has 15 heavy (non-hydrogen) atoms. The molecule has 0 saturated heterocycles. The maximum absolute atomic E-state index is 5.91. The molecule has 0 atom stereocenters. The standard InChI is InChI=1S/C9H6Cl2IN3/c10-3-8-7(11)1-2-9(14-8)15-5-6(12)4-13-15/h1-2,4-5H,3H2. The van der Waals surface area contributed by atoms with Crippen molar-refractivity contribution in [1.29, 1.82) is 0 Å². The van der Waals surface area contributed by atoms with Crippen LogP contribution in [-0.2, 0) is 5.88 Å². The lowest BCUT2D eigenvalue weighted by atomic mass is 10.3. The van der Waals surface area contributed by atoms with E-state index in [-0.39, 0.29) is 0 Å². The number of rotatable bonds is 2. The van der Waals surface area contributed by atoms with Gasteiger partial charge in [-0.15, -0.1) is 11.6 Å². The average Bonchev–Trinajstić information content (AvgIpc) is 2.66. The quantitative estimate of drug-likeness (QED) is 0.612. The molecule has 2 rings (SSSR count). The Morgan fingerprint density at radius 1 is 1.40 bits per heavy atom. The molecule has 0 N–H and O–H groups in total. The predicted molar refractivity (Wildman–Crippen MR) is 68.6 cm³/mol. The van der Waals surface area contributed by atoms with E-state index in [2.05, 4.69) is 32.7 Å². The van der Waals surface area contributed by atoms with Crippen LogP contribution in [0.1, 0.15) is 5.69 Å². The minimum absolute atomic E-state index is 0.297. The van der Waals surface area contributed by atoms with Gasteiger partial charge < -0.3 is 0 Å². The molecule has 0 aliphatic rings. The third-order valence-corrected chi connectivity index (χ3v) is 2.97. The Labute approximate surface area is 111 Å². The molecule has 3 nitrogen and oxygen atoms in total. The molecular weight excluding hydrogens is 348 g/mol. The molecule has 0 fully saturated rings. The fourth-order valence-electron chi connectivity index (χ4n) is 1.12. The lowest BCUT2D eigenvalue weighted by Crippen LogP contribution is -2.00. The van der Waals surface area contributed by atoms with E-state index < -0.39 is 0 Å². The fourth-order valence-corrected chi connectivity index (χ4v) is 1.95. The summed E-state index contributed by atoms with van der Waals surface area (Å²) in [6.07, 6.45) is 3.64. The molecule has 6 heteroatoms. The third kappa shape index (κ3) is 2.43. The van der Waals surface area contributed by atoms with E-state index >= 15 is 0 Å². The maximum atomic E-state index is 5.91. The van der Waals surface area contributed by atoms with Gasteiger partial charge >= 0.3 is 0 Å². The zero-order chi connectivity index (χ0) is 10.8. The smallest absolute Gasteiger partial charge is 0.153 e. The van der Waals surface area contributed by atoms with Crippen molar-refractivity contribution in [2.45, 2.75) is 5.88 Å². The molecule has 0 spiro atoms. The predicted octanol–water partition coefficient (Wildman–Crippen LogP) is 3.26. The van der Waals surface area contributed by atoms with Crippen LogP contribution in [-0.4, -0.2) is 14.8 Å². The number of alkyl halides is 1. The van der Waals surface area contributed by atoms with Gasteiger partial charge in [0.2, 0.25) is 0 Å². The van der Waals surface area contributed by atoms with Gasteiger partial charge in [-0.1, -0.05) is 11.6 Å². The van der Waals surface area contributed by atoms with Crippen molar-refractivity contribution in [3.8, 4) is 5.82 Å². The minimum atomic E-state index is 0.297. The number of nitrogens with zero attached hydrogens (tertiary/aromatic N) is 3. The molecule has 2 heterocycles. The molecule has 0 aliphatic carbocycles. The van der Waals surface area contributed by atoms with Crippen molar-refractivity contribution >= 4 is 45.8 Å². The highest BCUT2D eigenvalue weighted by molar-refractivity contribution is 14.1. The molecule has 0 radical (unpaired) electrons. The van der Waals surface area contributed by atoms with E-state index in [4.69, 9.17) is 23.2 Å². The largest absolute Gasteiger partial charge is 0.231 e. The summed E-state index contributed by atoms with van der Waals surface area (Å²) in [5.41, 5.74) is 0.668. The molecule has 0 aliphatic heterocycles. The van der Waals surface area contributed by atoms with Gasteiger partial charge in [0.15, 0.2) is 5.82 Å². The molecule has 0 bridgehead atoms. The number of hydrogen-bond donors (Lipinski definition) is 0. The van der Waals surface area contributed by atoms with Crippen LogP contribution in [0.2, 0.25) is 5.02 Å². The molecule has 0 aromatic carbocycles. The molecule has 0 unspecified atom stereocenters. The van der Waals surface area contributed by atoms with Gasteiger partial charge in [0, 0.05) is 6.20 Å². The second-order valence-corrected chi connectivity index (χ2v) is 4.75. The second kappa shape index (κ2) is 4.67. The number of hydrogen-bond acceptors (Lipinski definition) is 2. The maximum Gasteiger partial charge on any atom is 0.153 e. The topological polar surface area (TPSA) is 30.7 Å². The Hall–Kier alpha value is -0.330. The zero-order valence-corrected chi connectivity index (χ0v) is 11.2. The Bertz CT molecular complexity index is 484. The second-order valence-electron chi connectivity index (χ2n) is 2.83. The van der Waals surface area contributed by atoms with E-state index in [0.717, 1.165) is 9.39 Å². The van der Waals surface area contributed by atoms with Crippen LogP contribution in [0.4, 0.5) is 0 Å². The van der Waals surface area contributed by atoms with Crippen molar-refractivity contribution < 1.29 is 0 Å². The Kier molecular flexibility index (Phi) is 3.48. The minimum Gasteiger partial charge on any atom is -0.231 e. The SMILES string of the molecule is ClCc1nc(-n2cc(I)cn2)ccc1Cl. The van der Waals surface area contributed by atoms with Crippen molar-refractivity contribution in [1.82, 2.24) is 14.8 Å². The van der Waals surface area contributed by atoms with Crippen LogP contribution in [0, 0.1) is 3.57 Å². The Balaban J connectivity index is 2.45. The van der Waals surface area contributed by atoms with Crippen LogP contribution >= 0.6 is 45.8 Å². The molecule has 0 saturated carbocycles. The summed E-state index contributed by atoms with van der Waals surface area (Å²) in [6.45, 7) is 0. The molecule has 2 aromatic heterocycles. The summed E-state index contributed by atoms with van der Waals surface area (Å²) in [7, 11) is 0. The van der Waals surface area contributed by atoms with Crippen molar-refractivity contribution in [2.75, 3.05) is 0 Å². The molecular formula is C9H6Cl2IN3. The van der Waals surface area contributed by atoms with Crippen molar-refractivity contribution in [3.63, 3.8) is 0 Å². The molecule has 78 valence electrons. The van der Waals surface area contributed by atoms with Gasteiger partial charge in [0.05, 0.1) is 26.4 Å². The summed E-state index contributed by atoms with van der Waals surface area (Å²) < 4.78 is 2.74. The van der Waals surface area contributed by atoms with Gasteiger partial charge in [-0.3, -0.25) is 0 Å². The van der Waals surface area contributed by atoms with E-state index in [9.17, 15) is 0 Å². The highest BCUT2D eigenvalue weighted by atomic mass is 127. The van der Waals surface area contributed by atoms with E-state index in [1.54, 1.807) is 16.9 Å². The van der Waals surface area contributed by atoms with Gasteiger partial charge in [-0.25, -0.2) is 9.67 Å². The molecule has 2 aromatic rings. The van der Waals surface area contributed by atoms with Gasteiger partial charge in [-0.05, 0) is 34.7 Å². The number of pyridine rings is 1. The monoisotopic (exact) mass is 353 g/mol. The Morgan fingerprint density at radius 3 is 2.80 bits per heavy atom. The van der Waals surface area contributed by atoms with Crippen LogP contribution in [0.15, 0.2) is 24.5 Å². The summed E-state index contributed by atoms with van der Waals surface area (Å²) >= 11 is 13.8. The van der Waals surface area contributed by atoms with Crippen molar-refractivity contribution in [3.05, 3.63) is 38.8 Å². The zero-order valence-electron chi connectivity index (χ0n) is 7.49. The highest BCUT2D eigenvalue weighted by Gasteiger charge is 2.05. The summed E-state index contributed by atoms with van der Waals surface area (Å²) in [5, 5.41) is 4.73. The van der Waals surface area contributed by atoms with Crippen LogP contribution in [0.5, 0.6) is 0 Å². The van der Waals surface area contributed by atoms with E-state index in [1.807, 2.05) is 12.3 Å². The summed E-state index contributed by atoms with van der Waals surface area (Å²) in [6, 6.07) is 3.58. The lowest BCUT2D eigenvalue weighted by Gasteiger charge is -2.03. The number of halogens is 3. The number of aromatic nitrogens is 3. The van der Waals surface area contributed by atoms with Gasteiger partial charge in [0.25, 0.3) is 0 Å². The first-order valence-corrected chi connectivity index (χ1v) is 6.12. The first kappa shape index (κ1) is 11.2. The van der Waals surface area contributed by atoms with Crippen LogP contribution in [0.3, 0.4) is 0 Å². The summed E-state index contributed by atoms with van der Waals surface area (Å²) in [4.78, 5) is 4.31. The van der Waals surface area contributed by atoms with Crippen LogP contribution < -0.4 is 0 Å². The van der Waals surface area contributed by atoms with E-state index in [1.165, 1.54) is 0 Å². The Morgan fingerprint density at radius 2 is 2.20 bits per heavy atom. The van der Waals surface area contributed by atoms with Gasteiger partial charge in [-0.2, -0.15) is 5.10 Å². The lowest BCUT2D eigenvalue weighted by molar-refractivity contribution is 0.839. The normalized spacial score (nSPS) is 10.6. The third-order valence-electron chi connectivity index (χ3n) is 1.82. The first-order chi connectivity index (χ1) is 7.20. The highest BCUT2D eigenvalue weighted by Crippen LogP contribution is 2.18.